The number of non-ortho nitro benzene ring substituents is 1. The summed E-state index contributed by atoms with van der Waals surface area (Å²) in [6.07, 6.45) is 0. The van der Waals surface area contributed by atoms with Crippen molar-refractivity contribution in [3.8, 4) is 11.5 Å². The fourth-order valence-electron chi connectivity index (χ4n) is 1.97. The van der Waals surface area contributed by atoms with Crippen molar-refractivity contribution in [1.29, 1.82) is 0 Å². The van der Waals surface area contributed by atoms with Gasteiger partial charge in [0.05, 0.1) is 14.9 Å². The maximum absolute atomic E-state index is 11.0. The van der Waals surface area contributed by atoms with Crippen molar-refractivity contribution in [2.45, 2.75) is 6.92 Å². The Kier molecular flexibility index (Phi) is 10.0. The monoisotopic (exact) mass is 447 g/mol. The molecule has 0 aliphatic carbocycles. The lowest BCUT2D eigenvalue weighted by molar-refractivity contribution is -0.384. The number of nitro benzene ring substituents is 2. The Morgan fingerprint density at radius 1 is 1.07 bits per heavy atom. The molecule has 0 saturated heterocycles. The summed E-state index contributed by atoms with van der Waals surface area (Å²) >= 11 is 5.95. The average molecular weight is 448 g/mol. The van der Waals surface area contributed by atoms with Crippen LogP contribution in [0.5, 0.6) is 11.5 Å². The number of rotatable bonds is 8. The number of nitrogens with zero attached hydrogens (tertiary/aromatic N) is 2. The zero-order valence-corrected chi connectivity index (χ0v) is 17.5. The number of hydrogen-bond acceptors (Lipinski definition) is 9. The number of halogens is 1. The molecule has 0 spiro atoms. The first-order chi connectivity index (χ1) is 13.7. The first-order valence-electron chi connectivity index (χ1n) is 7.99. The minimum Gasteiger partial charge on any atom is -0.456 e. The van der Waals surface area contributed by atoms with Crippen LogP contribution in [-0.2, 0) is 13.6 Å². The lowest BCUT2D eigenvalue weighted by atomic mass is 10.2. The third-order valence-electron chi connectivity index (χ3n) is 3.22. The normalized spacial score (nSPS) is 10.1. The van der Waals surface area contributed by atoms with Gasteiger partial charge in [-0.15, -0.1) is 0 Å². The van der Waals surface area contributed by atoms with Crippen molar-refractivity contribution in [3.63, 3.8) is 0 Å². The van der Waals surface area contributed by atoms with Crippen LogP contribution in [0.15, 0.2) is 36.4 Å². The van der Waals surface area contributed by atoms with Crippen LogP contribution in [0.1, 0.15) is 6.92 Å². The third kappa shape index (κ3) is 7.66. The second-order valence-corrected chi connectivity index (χ2v) is 6.82. The van der Waals surface area contributed by atoms with Gasteiger partial charge in [0.25, 0.3) is 11.4 Å². The molecule has 1 N–H and O–H groups in total. The molecule has 0 amide bonds. The summed E-state index contributed by atoms with van der Waals surface area (Å²) in [7, 11) is 0.558. The van der Waals surface area contributed by atoms with E-state index in [0.717, 1.165) is 0 Å². The highest BCUT2D eigenvalue weighted by atomic mass is 35.5. The van der Waals surface area contributed by atoms with Crippen LogP contribution in [0.2, 0.25) is 5.02 Å². The summed E-state index contributed by atoms with van der Waals surface area (Å²) in [6.45, 7) is 2.31. The molecule has 0 saturated carbocycles. The molecule has 13 heteroatoms. The third-order valence-corrected chi connectivity index (χ3v) is 4.18. The molecule has 0 atom stereocenters. The molecule has 0 aliphatic heterocycles. The maximum Gasteiger partial charge on any atom is 0.318 e. The van der Waals surface area contributed by atoms with Crippen LogP contribution in [0.3, 0.4) is 0 Å². The van der Waals surface area contributed by atoms with Crippen LogP contribution in [0.25, 0.3) is 0 Å². The second-order valence-electron chi connectivity index (χ2n) is 5.10. The summed E-state index contributed by atoms with van der Waals surface area (Å²) in [4.78, 5) is 20.6. The van der Waals surface area contributed by atoms with E-state index in [0.29, 0.717) is 18.0 Å². The molecular formula is C16H19ClN3O8P. The van der Waals surface area contributed by atoms with Crippen LogP contribution >= 0.6 is 19.9 Å². The fourth-order valence-corrected chi connectivity index (χ4v) is 2.35. The van der Waals surface area contributed by atoms with Gasteiger partial charge in [-0.3, -0.25) is 24.8 Å². The summed E-state index contributed by atoms with van der Waals surface area (Å²) in [5.41, 5.74) is 0.0846. The predicted molar refractivity (Wildman–Crippen MR) is 108 cm³/mol. The molecule has 29 heavy (non-hydrogen) atoms. The van der Waals surface area contributed by atoms with Gasteiger partial charge in [-0.25, -0.2) is 0 Å². The van der Waals surface area contributed by atoms with E-state index in [1.807, 2.05) is 6.92 Å². The minimum absolute atomic E-state index is 0.0718. The highest BCUT2D eigenvalue weighted by molar-refractivity contribution is 7.33. The van der Waals surface area contributed by atoms with Gasteiger partial charge in [-0.2, -0.15) is 0 Å². The lowest BCUT2D eigenvalue weighted by Crippen LogP contribution is -2.01. The molecule has 2 aromatic carbocycles. The number of ether oxygens (including phenoxy) is 1. The molecule has 0 heterocycles. The smallest absolute Gasteiger partial charge is 0.318 e. The van der Waals surface area contributed by atoms with E-state index in [1.54, 1.807) is 0 Å². The number of nitrogens with one attached hydrogen (secondary N) is 1. The van der Waals surface area contributed by atoms with Gasteiger partial charge in [0.2, 0.25) is 0 Å². The van der Waals surface area contributed by atoms with E-state index < -0.39 is 18.1 Å². The first-order valence-corrected chi connectivity index (χ1v) is 9.59. The Morgan fingerprint density at radius 3 is 2.17 bits per heavy atom. The van der Waals surface area contributed by atoms with E-state index in [1.165, 1.54) is 50.6 Å². The van der Waals surface area contributed by atoms with E-state index >= 15 is 0 Å². The van der Waals surface area contributed by atoms with Crippen molar-refractivity contribution in [1.82, 2.24) is 0 Å². The molecule has 2 rings (SSSR count). The van der Waals surface area contributed by atoms with Crippen molar-refractivity contribution in [2.75, 3.05) is 26.1 Å². The van der Waals surface area contributed by atoms with E-state index in [9.17, 15) is 24.8 Å². The van der Waals surface area contributed by atoms with E-state index in [-0.39, 0.29) is 22.1 Å². The zero-order chi connectivity index (χ0) is 22.0. The van der Waals surface area contributed by atoms with Gasteiger partial charge in [-0.05, 0) is 19.1 Å². The number of benzene rings is 2. The van der Waals surface area contributed by atoms with Gasteiger partial charge in [0.1, 0.15) is 17.2 Å². The molecule has 0 radical (unpaired) electrons. The van der Waals surface area contributed by atoms with Gasteiger partial charge in [-0.1, -0.05) is 11.6 Å². The van der Waals surface area contributed by atoms with Crippen LogP contribution in [0, 0.1) is 20.2 Å². The lowest BCUT2D eigenvalue weighted by Gasteiger charge is -2.10. The Bertz CT molecular complexity index is 890. The van der Waals surface area contributed by atoms with Gasteiger partial charge in [0.15, 0.2) is 0 Å². The summed E-state index contributed by atoms with van der Waals surface area (Å²) in [5.74, 6) is 0.538. The zero-order valence-electron chi connectivity index (χ0n) is 15.7. The van der Waals surface area contributed by atoms with Crippen LogP contribution in [0.4, 0.5) is 17.1 Å². The highest BCUT2D eigenvalue weighted by Gasteiger charge is 2.16. The van der Waals surface area contributed by atoms with E-state index in [4.69, 9.17) is 16.3 Å². The predicted octanol–water partition coefficient (Wildman–Crippen LogP) is 5.05. The van der Waals surface area contributed by atoms with Crippen molar-refractivity contribution >= 4 is 36.9 Å². The second kappa shape index (κ2) is 12.0. The maximum atomic E-state index is 11.0. The fraction of sp³-hybridized carbons (Fsp3) is 0.250. The molecule has 0 fully saturated rings. The Hall–Kier alpha value is -2.72. The quantitative estimate of drug-likeness (QED) is 0.334. The summed E-state index contributed by atoms with van der Waals surface area (Å²) in [6, 6.07) is 8.02. The topological polar surface area (TPSA) is 143 Å². The molecule has 0 bridgehead atoms. The first kappa shape index (κ1) is 24.3. The number of nitro groups is 2. The van der Waals surface area contributed by atoms with Crippen LogP contribution < -0.4 is 10.1 Å². The summed E-state index contributed by atoms with van der Waals surface area (Å²) < 4.78 is 23.9. The molecular weight excluding hydrogens is 429 g/mol. The number of anilines is 1. The Balaban J connectivity index is 0.000000612. The Morgan fingerprint density at radius 2 is 1.72 bits per heavy atom. The minimum atomic E-state index is -2.12. The molecule has 11 nitrogen and oxygen atoms in total. The average Bonchev–Trinajstić information content (AvgIpc) is 2.69. The standard InChI is InChI=1S/C14H12ClN3O5.C2H7O3P/c1-2-16-12-8-10(4-5-13(12)18(21)22)23-14-6-3-9(17(19)20)7-11(14)15;1-4-6(3)5-2/h3-8,16H,2H2,1H3;6H,1-2H3. The van der Waals surface area contributed by atoms with Crippen molar-refractivity contribution < 1.29 is 28.2 Å². The highest BCUT2D eigenvalue weighted by Crippen LogP contribution is 2.35. The van der Waals surface area contributed by atoms with Crippen LogP contribution in [-0.4, -0.2) is 30.6 Å². The SMILES string of the molecule is CCNc1cc(Oc2ccc([N+](=O)[O-])cc2Cl)ccc1[N+](=O)[O-].CO[PH](=O)OC. The van der Waals surface area contributed by atoms with E-state index in [2.05, 4.69) is 14.4 Å². The van der Waals surface area contributed by atoms with Gasteiger partial charge < -0.3 is 19.1 Å². The molecule has 0 aliphatic rings. The van der Waals surface area contributed by atoms with Crippen molar-refractivity contribution in [3.05, 3.63) is 61.6 Å². The van der Waals surface area contributed by atoms with Gasteiger partial charge >= 0.3 is 8.25 Å². The molecule has 0 unspecified atom stereocenters. The molecule has 0 aromatic heterocycles. The van der Waals surface area contributed by atoms with Gasteiger partial charge in [0, 0.05) is 45.0 Å². The van der Waals surface area contributed by atoms with Crippen molar-refractivity contribution in [2.24, 2.45) is 0 Å². The largest absolute Gasteiger partial charge is 0.456 e. The summed E-state index contributed by atoms with van der Waals surface area (Å²) in [5, 5.41) is 24.6. The molecule has 158 valence electrons. The number of hydrogen-bond donors (Lipinski definition) is 1. The Labute approximate surface area is 171 Å². The molecule has 2 aromatic rings.